The van der Waals surface area contributed by atoms with Crippen LogP contribution >= 0.6 is 0 Å². The zero-order valence-electron chi connectivity index (χ0n) is 12.2. The van der Waals surface area contributed by atoms with E-state index in [1.54, 1.807) is 20.2 Å². The molecule has 0 aliphatic rings. The van der Waals surface area contributed by atoms with Crippen molar-refractivity contribution >= 4 is 11.5 Å². The molecule has 22 heavy (non-hydrogen) atoms. The minimum Gasteiger partial charge on any atom is -0.497 e. The Hall–Kier alpha value is -3.14. The van der Waals surface area contributed by atoms with Crippen molar-refractivity contribution in [3.8, 4) is 11.8 Å². The number of nitro groups is 1. The van der Waals surface area contributed by atoms with E-state index in [9.17, 15) is 10.1 Å². The molecule has 2 rings (SSSR count). The lowest BCUT2D eigenvalue weighted by molar-refractivity contribution is -0.385. The molecular weight excluding hydrogens is 284 g/mol. The van der Waals surface area contributed by atoms with E-state index in [1.807, 2.05) is 29.2 Å². The van der Waals surface area contributed by atoms with Crippen molar-refractivity contribution in [3.63, 3.8) is 0 Å². The molecule has 1 aromatic heterocycles. The van der Waals surface area contributed by atoms with Gasteiger partial charge in [-0.15, -0.1) is 0 Å². The molecule has 2 aromatic rings. The summed E-state index contributed by atoms with van der Waals surface area (Å²) >= 11 is 0. The Labute approximate surface area is 127 Å². The number of pyridine rings is 1. The molecule has 0 fully saturated rings. The van der Waals surface area contributed by atoms with Crippen molar-refractivity contribution < 1.29 is 9.66 Å². The van der Waals surface area contributed by atoms with Gasteiger partial charge in [0.1, 0.15) is 17.6 Å². The van der Waals surface area contributed by atoms with Crippen LogP contribution in [0.3, 0.4) is 0 Å². The molecule has 0 aliphatic heterocycles. The molecule has 7 nitrogen and oxygen atoms in total. The molecule has 0 amide bonds. The Bertz CT molecular complexity index is 723. The first-order chi connectivity index (χ1) is 10.5. The number of methoxy groups -OCH3 is 1. The number of nitriles is 1. The van der Waals surface area contributed by atoms with Gasteiger partial charge >= 0.3 is 5.69 Å². The first kappa shape index (κ1) is 15.3. The Kier molecular flexibility index (Phi) is 4.53. The normalized spacial score (nSPS) is 9.86. The predicted molar refractivity (Wildman–Crippen MR) is 80.7 cm³/mol. The summed E-state index contributed by atoms with van der Waals surface area (Å²) in [6.45, 7) is 0.555. The molecule has 1 heterocycles. The van der Waals surface area contributed by atoms with Crippen molar-refractivity contribution in [2.24, 2.45) is 0 Å². The lowest BCUT2D eigenvalue weighted by Crippen LogP contribution is -2.18. The highest BCUT2D eigenvalue weighted by atomic mass is 16.6. The van der Waals surface area contributed by atoms with Crippen molar-refractivity contribution in [2.45, 2.75) is 6.54 Å². The molecule has 0 saturated carbocycles. The smallest absolute Gasteiger partial charge is 0.305 e. The molecule has 1 aromatic carbocycles. The van der Waals surface area contributed by atoms with Crippen LogP contribution in [0, 0.1) is 21.4 Å². The first-order valence-electron chi connectivity index (χ1n) is 6.44. The molecule has 0 bridgehead atoms. The fourth-order valence-corrected chi connectivity index (χ4v) is 1.97. The monoisotopic (exact) mass is 298 g/mol. The van der Waals surface area contributed by atoms with Crippen LogP contribution in [0.4, 0.5) is 11.5 Å². The highest BCUT2D eigenvalue weighted by Crippen LogP contribution is 2.21. The molecule has 0 spiro atoms. The second kappa shape index (κ2) is 6.54. The van der Waals surface area contributed by atoms with Gasteiger partial charge in [-0.05, 0) is 23.8 Å². The topological polar surface area (TPSA) is 92.3 Å². The first-order valence-corrected chi connectivity index (χ1v) is 6.44. The van der Waals surface area contributed by atoms with Crippen molar-refractivity contribution in [2.75, 3.05) is 19.1 Å². The second-order valence-electron chi connectivity index (χ2n) is 4.61. The predicted octanol–water partition coefficient (Wildman–Crippen LogP) is 2.51. The van der Waals surface area contributed by atoms with Gasteiger partial charge in [-0.3, -0.25) is 10.1 Å². The molecule has 0 N–H and O–H groups in total. The van der Waals surface area contributed by atoms with Crippen LogP contribution < -0.4 is 9.64 Å². The standard InChI is InChI=1S/C15H14N4O3/c1-18(10-11-3-5-12(22-2)6-4-11)15-8-7-14(19(20)21)13(9-16)17-15/h3-8H,10H2,1-2H3. The highest BCUT2D eigenvalue weighted by molar-refractivity contribution is 5.51. The largest absolute Gasteiger partial charge is 0.497 e. The fourth-order valence-electron chi connectivity index (χ4n) is 1.97. The summed E-state index contributed by atoms with van der Waals surface area (Å²) in [4.78, 5) is 16.0. The Balaban J connectivity index is 2.20. The maximum atomic E-state index is 10.8. The third-order valence-corrected chi connectivity index (χ3v) is 3.13. The van der Waals surface area contributed by atoms with Crippen molar-refractivity contribution in [1.82, 2.24) is 4.98 Å². The maximum absolute atomic E-state index is 10.8. The maximum Gasteiger partial charge on any atom is 0.305 e. The number of hydrogen-bond acceptors (Lipinski definition) is 6. The van der Waals surface area contributed by atoms with Gasteiger partial charge in [0.05, 0.1) is 12.0 Å². The fraction of sp³-hybridized carbons (Fsp3) is 0.200. The number of nitrogens with zero attached hydrogens (tertiary/aromatic N) is 4. The van der Waals surface area contributed by atoms with Gasteiger partial charge in [-0.25, -0.2) is 4.98 Å². The van der Waals surface area contributed by atoms with E-state index in [4.69, 9.17) is 10.00 Å². The lowest BCUT2D eigenvalue weighted by Gasteiger charge is -2.18. The summed E-state index contributed by atoms with van der Waals surface area (Å²) in [5, 5.41) is 19.8. The molecule has 0 unspecified atom stereocenters. The van der Waals surface area contributed by atoms with Crippen LogP contribution in [0.2, 0.25) is 0 Å². The number of benzene rings is 1. The second-order valence-corrected chi connectivity index (χ2v) is 4.61. The van der Waals surface area contributed by atoms with Gasteiger partial charge in [0.25, 0.3) is 0 Å². The van der Waals surface area contributed by atoms with Gasteiger partial charge in [0, 0.05) is 19.7 Å². The van der Waals surface area contributed by atoms with Crippen LogP contribution in [0.5, 0.6) is 5.75 Å². The molecule has 0 atom stereocenters. The van der Waals surface area contributed by atoms with E-state index < -0.39 is 4.92 Å². The average Bonchev–Trinajstić information content (AvgIpc) is 2.54. The van der Waals surface area contributed by atoms with E-state index in [1.165, 1.54) is 12.1 Å². The number of aromatic nitrogens is 1. The molecular formula is C15H14N4O3. The average molecular weight is 298 g/mol. The lowest BCUT2D eigenvalue weighted by atomic mass is 10.2. The number of ether oxygens (including phenoxy) is 1. The van der Waals surface area contributed by atoms with E-state index in [-0.39, 0.29) is 11.4 Å². The van der Waals surface area contributed by atoms with Crippen molar-refractivity contribution in [3.05, 3.63) is 57.8 Å². The van der Waals surface area contributed by atoms with Gasteiger partial charge < -0.3 is 9.64 Å². The zero-order chi connectivity index (χ0) is 16.1. The van der Waals surface area contributed by atoms with Gasteiger partial charge in [0.15, 0.2) is 0 Å². The summed E-state index contributed by atoms with van der Waals surface area (Å²) in [5.74, 6) is 1.27. The SMILES string of the molecule is COc1ccc(CN(C)c2ccc([N+](=O)[O-])c(C#N)n2)cc1. The van der Waals surface area contributed by atoms with E-state index in [0.717, 1.165) is 11.3 Å². The minimum atomic E-state index is -0.612. The highest BCUT2D eigenvalue weighted by Gasteiger charge is 2.17. The van der Waals surface area contributed by atoms with Gasteiger partial charge in [-0.2, -0.15) is 5.26 Å². The molecule has 0 saturated heterocycles. The third kappa shape index (κ3) is 3.30. The molecule has 0 aliphatic carbocycles. The molecule has 7 heteroatoms. The number of hydrogen-bond donors (Lipinski definition) is 0. The minimum absolute atomic E-state index is 0.191. The van der Waals surface area contributed by atoms with Crippen LogP contribution in [-0.4, -0.2) is 24.1 Å². The van der Waals surface area contributed by atoms with Gasteiger partial charge in [0.2, 0.25) is 5.69 Å². The summed E-state index contributed by atoms with van der Waals surface area (Å²) in [6.07, 6.45) is 0. The summed E-state index contributed by atoms with van der Waals surface area (Å²) in [7, 11) is 3.41. The number of anilines is 1. The Morgan fingerprint density at radius 1 is 1.32 bits per heavy atom. The van der Waals surface area contributed by atoms with E-state index >= 15 is 0 Å². The summed E-state index contributed by atoms with van der Waals surface area (Å²) in [5.41, 5.74) is 0.551. The zero-order valence-corrected chi connectivity index (χ0v) is 12.2. The van der Waals surface area contributed by atoms with E-state index in [2.05, 4.69) is 4.98 Å². The quantitative estimate of drug-likeness (QED) is 0.622. The number of rotatable bonds is 5. The molecule has 0 radical (unpaired) electrons. The third-order valence-electron chi connectivity index (χ3n) is 3.13. The van der Waals surface area contributed by atoms with Crippen LogP contribution in [-0.2, 0) is 6.54 Å². The van der Waals surface area contributed by atoms with Crippen molar-refractivity contribution in [1.29, 1.82) is 5.26 Å². The van der Waals surface area contributed by atoms with Gasteiger partial charge in [-0.1, -0.05) is 12.1 Å². The summed E-state index contributed by atoms with van der Waals surface area (Å²) in [6, 6.07) is 12.1. The Morgan fingerprint density at radius 2 is 2.00 bits per heavy atom. The Morgan fingerprint density at radius 3 is 2.55 bits per heavy atom. The summed E-state index contributed by atoms with van der Waals surface area (Å²) < 4.78 is 5.10. The van der Waals surface area contributed by atoms with Crippen LogP contribution in [0.15, 0.2) is 36.4 Å². The molecule has 112 valence electrons. The van der Waals surface area contributed by atoms with Crippen LogP contribution in [0.25, 0.3) is 0 Å². The van der Waals surface area contributed by atoms with E-state index in [0.29, 0.717) is 12.4 Å². The van der Waals surface area contributed by atoms with Crippen LogP contribution in [0.1, 0.15) is 11.3 Å².